The molecule has 7 nitrogen and oxygen atoms in total. The number of nitrogens with zero attached hydrogens (tertiary/aromatic N) is 2. The normalized spacial score (nSPS) is 23.3. The smallest absolute Gasteiger partial charge is 0.355 e. The summed E-state index contributed by atoms with van der Waals surface area (Å²) in [7, 11) is 1.22. The predicted octanol–water partition coefficient (Wildman–Crippen LogP) is 1.82. The van der Waals surface area contributed by atoms with Crippen molar-refractivity contribution in [3.63, 3.8) is 0 Å². The van der Waals surface area contributed by atoms with Crippen LogP contribution in [0.15, 0.2) is 53.6 Å². The van der Waals surface area contributed by atoms with Crippen molar-refractivity contribution in [1.82, 2.24) is 5.43 Å². The van der Waals surface area contributed by atoms with Gasteiger partial charge in [-0.25, -0.2) is 9.69 Å². The number of anilines is 1. The number of rotatable bonds is 3. The highest BCUT2D eigenvalue weighted by Gasteiger charge is 2.67. The van der Waals surface area contributed by atoms with Gasteiger partial charge in [-0.05, 0) is 31.5 Å². The summed E-state index contributed by atoms with van der Waals surface area (Å²) in [4.78, 5) is 40.3. The average Bonchev–Trinajstić information content (AvgIpc) is 3.19. The van der Waals surface area contributed by atoms with Crippen molar-refractivity contribution in [3.8, 4) is 0 Å². The molecule has 2 aliphatic rings. The van der Waals surface area contributed by atoms with Crippen LogP contribution in [0.1, 0.15) is 16.7 Å². The molecule has 2 heterocycles. The van der Waals surface area contributed by atoms with E-state index in [1.165, 1.54) is 7.11 Å². The van der Waals surface area contributed by atoms with Gasteiger partial charge in [-0.1, -0.05) is 47.5 Å². The number of hydrogen-bond donors (Lipinski definition) is 1. The number of carbonyl (C=O) groups excluding carboxylic acids is 3. The highest BCUT2D eigenvalue weighted by atomic mass is 16.5. The SMILES string of the molecule is COC(=O)C1=NN[C@]2(c3ccc(C)cc3)C(=O)N(c3ccc(C)cc3)C(=O)[C@@H]12. The first-order chi connectivity index (χ1) is 13.4. The molecule has 1 saturated heterocycles. The van der Waals surface area contributed by atoms with Gasteiger partial charge in [0.2, 0.25) is 5.91 Å². The molecule has 142 valence electrons. The molecule has 1 N–H and O–H groups in total. The molecule has 2 atom stereocenters. The molecule has 4 rings (SSSR count). The van der Waals surface area contributed by atoms with Crippen LogP contribution < -0.4 is 10.3 Å². The van der Waals surface area contributed by atoms with Crippen LogP contribution in [0.4, 0.5) is 5.69 Å². The van der Waals surface area contributed by atoms with Gasteiger partial charge in [0.15, 0.2) is 11.3 Å². The Hall–Kier alpha value is -3.48. The van der Waals surface area contributed by atoms with Crippen molar-refractivity contribution in [3.05, 3.63) is 65.2 Å². The van der Waals surface area contributed by atoms with E-state index in [1.54, 1.807) is 24.3 Å². The zero-order chi connectivity index (χ0) is 20.1. The number of aryl methyl sites for hydroxylation is 2. The van der Waals surface area contributed by atoms with Gasteiger partial charge in [-0.3, -0.25) is 15.0 Å². The summed E-state index contributed by atoms with van der Waals surface area (Å²) in [5.41, 5.74) is 4.26. The maximum atomic E-state index is 13.6. The van der Waals surface area contributed by atoms with E-state index in [1.807, 2.05) is 38.1 Å². The van der Waals surface area contributed by atoms with E-state index in [0.717, 1.165) is 16.0 Å². The molecular formula is C21H19N3O4. The predicted molar refractivity (Wildman–Crippen MR) is 103 cm³/mol. The quantitative estimate of drug-likeness (QED) is 0.651. The number of esters is 1. The molecule has 0 unspecified atom stereocenters. The Labute approximate surface area is 162 Å². The zero-order valence-electron chi connectivity index (χ0n) is 15.7. The average molecular weight is 377 g/mol. The fraction of sp³-hybridized carbons (Fsp3) is 0.238. The van der Waals surface area contributed by atoms with Crippen LogP contribution in [0.2, 0.25) is 0 Å². The van der Waals surface area contributed by atoms with Gasteiger partial charge in [-0.2, -0.15) is 5.10 Å². The van der Waals surface area contributed by atoms with Gasteiger partial charge in [0.05, 0.1) is 12.8 Å². The van der Waals surface area contributed by atoms with Gasteiger partial charge in [-0.15, -0.1) is 0 Å². The first-order valence-corrected chi connectivity index (χ1v) is 8.85. The van der Waals surface area contributed by atoms with Crippen molar-refractivity contribution in [1.29, 1.82) is 0 Å². The lowest BCUT2D eigenvalue weighted by atomic mass is 9.78. The Kier molecular flexibility index (Phi) is 4.03. The Morgan fingerprint density at radius 3 is 2.18 bits per heavy atom. The second-order valence-electron chi connectivity index (χ2n) is 7.02. The fourth-order valence-electron chi connectivity index (χ4n) is 3.74. The molecule has 0 bridgehead atoms. The molecule has 2 aromatic carbocycles. The Morgan fingerprint density at radius 1 is 1.04 bits per heavy atom. The van der Waals surface area contributed by atoms with Gasteiger partial charge < -0.3 is 4.74 Å². The van der Waals surface area contributed by atoms with Crippen LogP contribution in [0.25, 0.3) is 0 Å². The number of hydrazone groups is 1. The summed E-state index contributed by atoms with van der Waals surface area (Å²) in [5, 5.41) is 4.03. The third-order valence-electron chi connectivity index (χ3n) is 5.26. The minimum absolute atomic E-state index is 0.101. The summed E-state index contributed by atoms with van der Waals surface area (Å²) < 4.78 is 4.79. The molecule has 0 saturated carbocycles. The van der Waals surface area contributed by atoms with Crippen LogP contribution >= 0.6 is 0 Å². The number of hydrogen-bond acceptors (Lipinski definition) is 6. The van der Waals surface area contributed by atoms with Gasteiger partial charge in [0, 0.05) is 0 Å². The van der Waals surface area contributed by atoms with Crippen molar-refractivity contribution in [2.75, 3.05) is 12.0 Å². The van der Waals surface area contributed by atoms with E-state index in [-0.39, 0.29) is 5.71 Å². The molecule has 0 aliphatic carbocycles. The monoisotopic (exact) mass is 377 g/mol. The van der Waals surface area contributed by atoms with Crippen LogP contribution in [-0.4, -0.2) is 30.6 Å². The first kappa shape index (κ1) is 17.9. The number of nitrogens with one attached hydrogen (secondary N) is 1. The van der Waals surface area contributed by atoms with E-state index >= 15 is 0 Å². The molecule has 0 radical (unpaired) electrons. The number of benzene rings is 2. The Balaban J connectivity index is 1.88. The van der Waals surface area contributed by atoms with Gasteiger partial charge in [0.25, 0.3) is 5.91 Å². The summed E-state index contributed by atoms with van der Waals surface area (Å²) in [6.45, 7) is 3.85. The summed E-state index contributed by atoms with van der Waals surface area (Å²) in [6.07, 6.45) is 0. The van der Waals surface area contributed by atoms with Crippen LogP contribution in [0, 0.1) is 19.8 Å². The lowest BCUT2D eigenvalue weighted by Gasteiger charge is -2.26. The molecular weight excluding hydrogens is 358 g/mol. The molecule has 2 aromatic rings. The largest absolute Gasteiger partial charge is 0.464 e. The second-order valence-corrected chi connectivity index (χ2v) is 7.02. The number of fused-ring (bicyclic) bond motifs is 1. The number of amides is 2. The first-order valence-electron chi connectivity index (χ1n) is 8.85. The number of methoxy groups -OCH3 is 1. The van der Waals surface area contributed by atoms with Crippen molar-refractivity contribution >= 4 is 29.2 Å². The second kappa shape index (κ2) is 6.30. The van der Waals surface area contributed by atoms with E-state index < -0.39 is 29.2 Å². The van der Waals surface area contributed by atoms with E-state index in [4.69, 9.17) is 4.74 Å². The maximum Gasteiger partial charge on any atom is 0.355 e. The highest BCUT2D eigenvalue weighted by molar-refractivity contribution is 6.47. The standard InChI is InChI=1S/C21H19N3O4/c1-12-4-8-14(9-5-12)21-16(17(22-23-21)19(26)28-3)18(25)24(20(21)27)15-10-6-13(2)7-11-15/h4-11,16,23H,1-3H3/t16-,21+/m1/s1. The minimum atomic E-state index is -1.47. The number of ether oxygens (including phenoxy) is 1. The fourth-order valence-corrected chi connectivity index (χ4v) is 3.74. The lowest BCUT2D eigenvalue weighted by Crippen LogP contribution is -2.48. The Morgan fingerprint density at radius 2 is 1.61 bits per heavy atom. The molecule has 2 amide bonds. The van der Waals surface area contributed by atoms with E-state index in [9.17, 15) is 14.4 Å². The molecule has 0 spiro atoms. The summed E-state index contributed by atoms with van der Waals surface area (Å²) in [6, 6.07) is 14.3. The maximum absolute atomic E-state index is 13.6. The van der Waals surface area contributed by atoms with Crippen LogP contribution in [0.5, 0.6) is 0 Å². The molecule has 0 aromatic heterocycles. The minimum Gasteiger partial charge on any atom is -0.464 e. The lowest BCUT2D eigenvalue weighted by molar-refractivity contribution is -0.133. The topological polar surface area (TPSA) is 88.1 Å². The molecule has 7 heteroatoms. The zero-order valence-corrected chi connectivity index (χ0v) is 15.7. The Bertz CT molecular complexity index is 1010. The van der Waals surface area contributed by atoms with Crippen LogP contribution in [-0.2, 0) is 24.7 Å². The van der Waals surface area contributed by atoms with Gasteiger partial charge in [0.1, 0.15) is 5.92 Å². The summed E-state index contributed by atoms with van der Waals surface area (Å²) in [5.74, 6) is -2.82. The van der Waals surface area contributed by atoms with E-state index in [0.29, 0.717) is 11.3 Å². The summed E-state index contributed by atoms with van der Waals surface area (Å²) >= 11 is 0. The molecule has 2 aliphatic heterocycles. The van der Waals surface area contributed by atoms with Crippen molar-refractivity contribution in [2.24, 2.45) is 11.0 Å². The number of carbonyl (C=O) groups is 3. The highest BCUT2D eigenvalue weighted by Crippen LogP contribution is 2.45. The number of imide groups is 1. The van der Waals surface area contributed by atoms with Gasteiger partial charge >= 0.3 is 5.97 Å². The van der Waals surface area contributed by atoms with Crippen molar-refractivity contribution in [2.45, 2.75) is 19.4 Å². The molecule has 1 fully saturated rings. The molecule has 28 heavy (non-hydrogen) atoms. The van der Waals surface area contributed by atoms with E-state index in [2.05, 4.69) is 10.5 Å². The third-order valence-corrected chi connectivity index (χ3v) is 5.26. The third kappa shape index (κ3) is 2.36. The van der Waals surface area contributed by atoms with Crippen molar-refractivity contribution < 1.29 is 19.1 Å². The van der Waals surface area contributed by atoms with Crippen LogP contribution in [0.3, 0.4) is 0 Å².